The lowest BCUT2D eigenvalue weighted by Gasteiger charge is -2.14. The van der Waals surface area contributed by atoms with Gasteiger partial charge in [0, 0.05) is 6.07 Å². The molecule has 0 radical (unpaired) electrons. The number of hydrogen-bond acceptors (Lipinski definition) is 3. The van der Waals surface area contributed by atoms with Crippen molar-refractivity contribution in [2.45, 2.75) is 30.9 Å². The lowest BCUT2D eigenvalue weighted by Crippen LogP contribution is -2.25. The van der Waals surface area contributed by atoms with Gasteiger partial charge in [0.2, 0.25) is 10.0 Å². The molecule has 0 amide bonds. The highest BCUT2D eigenvalue weighted by atomic mass is 32.2. The Kier molecular flexibility index (Phi) is 3.24. The molecule has 0 atom stereocenters. The maximum absolute atomic E-state index is 13.0. The van der Waals surface area contributed by atoms with Crippen LogP contribution in [0.2, 0.25) is 0 Å². The number of hydrogen-bond donors (Lipinski definition) is 2. The Morgan fingerprint density at radius 3 is 2.59 bits per heavy atom. The van der Waals surface area contributed by atoms with E-state index >= 15 is 0 Å². The highest BCUT2D eigenvalue weighted by Gasteiger charge is 2.29. The molecular formula is C11H14FNO3S. The van der Waals surface area contributed by atoms with Crippen molar-refractivity contribution in [3.8, 4) is 5.75 Å². The van der Waals surface area contributed by atoms with E-state index in [2.05, 4.69) is 4.72 Å². The number of benzene rings is 1. The molecule has 1 aliphatic rings. The zero-order valence-electron chi connectivity index (χ0n) is 9.19. The molecule has 0 saturated heterocycles. The molecule has 6 heteroatoms. The van der Waals surface area contributed by atoms with E-state index in [4.69, 9.17) is 0 Å². The molecule has 1 aromatic carbocycles. The summed E-state index contributed by atoms with van der Waals surface area (Å²) >= 11 is 0. The van der Waals surface area contributed by atoms with E-state index < -0.39 is 21.1 Å². The lowest BCUT2D eigenvalue weighted by atomic mass is 10.3. The van der Waals surface area contributed by atoms with Gasteiger partial charge in [-0.25, -0.2) is 12.8 Å². The highest BCUT2D eigenvalue weighted by Crippen LogP contribution is 2.29. The van der Waals surface area contributed by atoms with E-state index in [0.717, 1.165) is 31.0 Å². The Bertz CT molecular complexity index is 509. The summed E-state index contributed by atoms with van der Waals surface area (Å²) in [7, 11) is -3.53. The minimum Gasteiger partial charge on any atom is -0.506 e. The zero-order chi connectivity index (χ0) is 12.5. The van der Waals surface area contributed by atoms with Gasteiger partial charge in [-0.3, -0.25) is 4.72 Å². The molecule has 1 aliphatic carbocycles. The largest absolute Gasteiger partial charge is 0.506 e. The molecule has 0 unspecified atom stereocenters. The highest BCUT2D eigenvalue weighted by molar-refractivity contribution is 7.93. The van der Waals surface area contributed by atoms with E-state index in [0.29, 0.717) is 12.8 Å². The first-order chi connectivity index (χ1) is 7.99. The van der Waals surface area contributed by atoms with Gasteiger partial charge in [0.05, 0.1) is 10.9 Å². The molecule has 0 aromatic heterocycles. The van der Waals surface area contributed by atoms with Crippen LogP contribution < -0.4 is 4.72 Å². The van der Waals surface area contributed by atoms with Crippen molar-refractivity contribution < 1.29 is 17.9 Å². The second kappa shape index (κ2) is 4.52. The van der Waals surface area contributed by atoms with Gasteiger partial charge in [0.25, 0.3) is 0 Å². The van der Waals surface area contributed by atoms with Gasteiger partial charge >= 0.3 is 0 Å². The predicted octanol–water partition coefficient (Wildman–Crippen LogP) is 2.22. The summed E-state index contributed by atoms with van der Waals surface area (Å²) in [5.41, 5.74) is -0.100. The van der Waals surface area contributed by atoms with Crippen molar-refractivity contribution in [2.24, 2.45) is 0 Å². The average molecular weight is 259 g/mol. The van der Waals surface area contributed by atoms with Crippen molar-refractivity contribution in [1.82, 2.24) is 0 Å². The fourth-order valence-corrected chi connectivity index (χ4v) is 3.62. The number of rotatable bonds is 3. The van der Waals surface area contributed by atoms with Gasteiger partial charge in [-0.05, 0) is 25.0 Å². The van der Waals surface area contributed by atoms with Crippen LogP contribution in [0.5, 0.6) is 5.75 Å². The van der Waals surface area contributed by atoms with Crippen LogP contribution in [0, 0.1) is 5.82 Å². The molecule has 17 heavy (non-hydrogen) atoms. The molecule has 0 bridgehead atoms. The second-order valence-corrected chi connectivity index (χ2v) is 6.18. The molecule has 0 aliphatic heterocycles. The Labute approximate surface area is 99.5 Å². The monoisotopic (exact) mass is 259 g/mol. The van der Waals surface area contributed by atoms with Gasteiger partial charge in [-0.2, -0.15) is 0 Å². The van der Waals surface area contributed by atoms with Crippen LogP contribution in [-0.4, -0.2) is 18.8 Å². The topological polar surface area (TPSA) is 66.4 Å². The second-order valence-electron chi connectivity index (χ2n) is 4.22. The van der Waals surface area contributed by atoms with E-state index in [1.54, 1.807) is 0 Å². The predicted molar refractivity (Wildman–Crippen MR) is 62.9 cm³/mol. The Morgan fingerprint density at radius 1 is 1.29 bits per heavy atom. The molecule has 1 aromatic rings. The van der Waals surface area contributed by atoms with Crippen molar-refractivity contribution in [1.29, 1.82) is 0 Å². The van der Waals surface area contributed by atoms with E-state index in [1.807, 2.05) is 0 Å². The van der Waals surface area contributed by atoms with Crippen molar-refractivity contribution in [3.05, 3.63) is 24.0 Å². The Hall–Kier alpha value is -1.30. The molecule has 94 valence electrons. The van der Waals surface area contributed by atoms with Crippen molar-refractivity contribution in [2.75, 3.05) is 4.72 Å². The molecule has 2 N–H and O–H groups in total. The molecule has 2 rings (SSSR count). The number of phenols is 1. The van der Waals surface area contributed by atoms with Gasteiger partial charge in [-0.1, -0.05) is 12.8 Å². The number of aromatic hydroxyl groups is 1. The van der Waals surface area contributed by atoms with Crippen LogP contribution in [0.25, 0.3) is 0 Å². The van der Waals surface area contributed by atoms with Crippen molar-refractivity contribution in [3.63, 3.8) is 0 Å². The minimum atomic E-state index is -3.53. The van der Waals surface area contributed by atoms with E-state index in [9.17, 15) is 17.9 Å². The van der Waals surface area contributed by atoms with Gasteiger partial charge in [-0.15, -0.1) is 0 Å². The number of phenolic OH excluding ortho intramolecular Hbond substituents is 1. The Morgan fingerprint density at radius 2 is 1.94 bits per heavy atom. The van der Waals surface area contributed by atoms with Crippen LogP contribution in [0.3, 0.4) is 0 Å². The zero-order valence-corrected chi connectivity index (χ0v) is 10.0. The van der Waals surface area contributed by atoms with Crippen LogP contribution in [0.4, 0.5) is 10.1 Å². The normalized spacial score (nSPS) is 17.2. The first-order valence-corrected chi connectivity index (χ1v) is 7.04. The third-order valence-corrected chi connectivity index (χ3v) is 4.81. The van der Waals surface area contributed by atoms with Crippen LogP contribution in [-0.2, 0) is 10.0 Å². The number of sulfonamides is 1. The standard InChI is InChI=1S/C11H14FNO3S/c12-8-5-6-11(14)10(7-8)13-17(15,16)9-3-1-2-4-9/h5-7,9,13-14H,1-4H2. The van der Waals surface area contributed by atoms with Crippen LogP contribution in [0.15, 0.2) is 18.2 Å². The van der Waals surface area contributed by atoms with Gasteiger partial charge < -0.3 is 5.11 Å². The smallest absolute Gasteiger partial charge is 0.235 e. The van der Waals surface area contributed by atoms with Gasteiger partial charge in [0.1, 0.15) is 11.6 Å². The number of anilines is 1. The molecular weight excluding hydrogens is 245 g/mol. The first-order valence-electron chi connectivity index (χ1n) is 5.49. The summed E-state index contributed by atoms with van der Waals surface area (Å²) in [6.45, 7) is 0. The van der Waals surface area contributed by atoms with Gasteiger partial charge in [0.15, 0.2) is 0 Å². The summed E-state index contributed by atoms with van der Waals surface area (Å²) in [5.74, 6) is -0.861. The summed E-state index contributed by atoms with van der Waals surface area (Å²) in [6.07, 6.45) is 3.01. The fourth-order valence-electron chi connectivity index (χ4n) is 2.03. The fraction of sp³-hybridized carbons (Fsp3) is 0.455. The first kappa shape index (κ1) is 12.2. The van der Waals surface area contributed by atoms with Crippen LogP contribution in [0.1, 0.15) is 25.7 Å². The lowest BCUT2D eigenvalue weighted by molar-refractivity contribution is 0.475. The quantitative estimate of drug-likeness (QED) is 0.818. The van der Waals surface area contributed by atoms with E-state index in [1.165, 1.54) is 0 Å². The maximum Gasteiger partial charge on any atom is 0.235 e. The molecule has 1 fully saturated rings. The summed E-state index contributed by atoms with van der Waals surface area (Å²) < 4.78 is 39.0. The maximum atomic E-state index is 13.0. The van der Waals surface area contributed by atoms with Crippen LogP contribution >= 0.6 is 0 Å². The molecule has 4 nitrogen and oxygen atoms in total. The third-order valence-electron chi connectivity index (χ3n) is 2.95. The van der Waals surface area contributed by atoms with Crippen molar-refractivity contribution >= 4 is 15.7 Å². The molecule has 1 saturated carbocycles. The summed E-state index contributed by atoms with van der Waals surface area (Å²) in [4.78, 5) is 0. The number of halogens is 1. The summed E-state index contributed by atoms with van der Waals surface area (Å²) in [5, 5.41) is 9.01. The summed E-state index contributed by atoms with van der Waals surface area (Å²) in [6, 6.07) is 3.17. The van der Waals surface area contributed by atoms with E-state index in [-0.39, 0.29) is 11.4 Å². The molecule has 0 spiro atoms. The minimum absolute atomic E-state index is 0.100. The Balaban J connectivity index is 2.22. The molecule has 0 heterocycles. The average Bonchev–Trinajstić information content (AvgIpc) is 2.77. The number of nitrogens with one attached hydrogen (secondary N) is 1. The SMILES string of the molecule is O=S(=O)(Nc1cc(F)ccc1O)C1CCCC1. The third kappa shape index (κ3) is 2.69.